The molecular weight excluding hydrogens is 856 g/mol. The van der Waals surface area contributed by atoms with Gasteiger partial charge in [0.15, 0.2) is 0 Å². The van der Waals surface area contributed by atoms with E-state index in [2.05, 4.69) is 184 Å². The van der Waals surface area contributed by atoms with Gasteiger partial charge in [-0.3, -0.25) is 0 Å². The van der Waals surface area contributed by atoms with Crippen LogP contribution in [-0.2, 0) is 0 Å². The molecule has 6 nitrogen and oxygen atoms in total. The summed E-state index contributed by atoms with van der Waals surface area (Å²) in [6.07, 6.45) is 0. The summed E-state index contributed by atoms with van der Waals surface area (Å²) in [6.45, 7) is 0. The summed E-state index contributed by atoms with van der Waals surface area (Å²) in [6, 6.07) is 84.2. The van der Waals surface area contributed by atoms with E-state index in [1.807, 2.05) is 66.7 Å². The van der Waals surface area contributed by atoms with Crippen molar-refractivity contribution in [3.8, 4) is 45.4 Å². The van der Waals surface area contributed by atoms with E-state index >= 15 is 0 Å². The summed E-state index contributed by atoms with van der Waals surface area (Å²) in [4.78, 5) is 0. The fourth-order valence-electron chi connectivity index (χ4n) is 9.99. The first kappa shape index (κ1) is 44.9. The van der Waals surface area contributed by atoms with Crippen molar-refractivity contribution in [3.63, 3.8) is 0 Å². The van der Waals surface area contributed by atoms with Crippen LogP contribution in [-0.4, -0.2) is 30.9 Å². The van der Waals surface area contributed by atoms with Crippen LogP contribution in [0.5, 0.6) is 0 Å². The number of aromatic nitrogens is 3. The summed E-state index contributed by atoms with van der Waals surface area (Å²) in [5.41, 5.74) is 16.0. The van der Waals surface area contributed by atoms with Crippen molar-refractivity contribution in [3.05, 3.63) is 242 Å². The monoisotopic (exact) mass is 921 g/mol. The molecule has 0 unspecified atom stereocenters. The Balaban J connectivity index is 0.000000562. The smallest absolute Gasteiger partial charge is 0.423 e. The van der Waals surface area contributed by atoms with E-state index < -0.39 is 7.12 Å². The number of benzene rings is 10. The minimum absolute atomic E-state index is 0. The standard InChI is InChI=1S/C43H27N3.C18H14BNO2.2CH4.8H2/c44-28-29-15-17-30(18-16-29)31-19-22-42-38(25-31)39-27-33(21-24-43(39)46(42)35-11-5-2-6-12-35)32-20-23-41-37(26-32)36-13-7-8-14-40(36)45(41)34-9-3-1-4-10-34;21-19(22)13-10-11-18-16(12-13)15-8-4-5-9-17(15)20(18)14-6-2-1-3-7-14;;;;;;;;;;/h1-27H;1-12,21-22H;2*1H4;8*1H. The van der Waals surface area contributed by atoms with Crippen LogP contribution in [0.2, 0.25) is 0 Å². The Morgan fingerprint density at radius 3 is 1.04 bits per heavy atom. The second kappa shape index (κ2) is 18.6. The molecule has 0 saturated carbocycles. The van der Waals surface area contributed by atoms with E-state index in [1.54, 1.807) is 6.07 Å². The molecule has 352 valence electrons. The highest BCUT2D eigenvalue weighted by Gasteiger charge is 2.19. The van der Waals surface area contributed by atoms with Crippen LogP contribution in [0.4, 0.5) is 0 Å². The third kappa shape index (κ3) is 7.68. The SMILES string of the molecule is C.C.N#Cc1ccc(-c2ccc3c(c2)c2cc(-c4ccc5c(c4)c4ccccc4n5-c4ccccc4)ccc2n3-c2ccccc2)cc1.OB(O)c1ccc2c(c1)c1ccccc1n2-c1ccccc1.[HH].[HH].[HH].[HH].[HH].[HH].[HH].[HH]. The summed E-state index contributed by atoms with van der Waals surface area (Å²) in [5.74, 6) is 0. The van der Waals surface area contributed by atoms with Crippen LogP contribution in [0.1, 0.15) is 31.8 Å². The van der Waals surface area contributed by atoms with Crippen LogP contribution in [0.25, 0.3) is 105 Å². The molecule has 70 heavy (non-hydrogen) atoms. The Labute approximate surface area is 419 Å². The molecule has 0 radical (unpaired) electrons. The lowest BCUT2D eigenvalue weighted by atomic mass is 9.80. The zero-order valence-electron chi connectivity index (χ0n) is 36.8. The lowest BCUT2D eigenvalue weighted by Gasteiger charge is -2.09. The molecule has 13 rings (SSSR count). The average Bonchev–Trinajstić information content (AvgIpc) is 4.04. The van der Waals surface area contributed by atoms with E-state index in [9.17, 15) is 15.3 Å². The fraction of sp³-hybridized carbons (Fsp3) is 0.0317. The lowest BCUT2D eigenvalue weighted by Crippen LogP contribution is -2.29. The van der Waals surface area contributed by atoms with Crippen molar-refractivity contribution in [2.45, 2.75) is 14.9 Å². The molecule has 2 N–H and O–H groups in total. The molecular formula is C63H65BN4O2. The summed E-state index contributed by atoms with van der Waals surface area (Å²) >= 11 is 0. The molecule has 0 amide bonds. The van der Waals surface area contributed by atoms with Gasteiger partial charge in [-0.1, -0.05) is 148 Å². The average molecular weight is 921 g/mol. The molecule has 7 heteroatoms. The summed E-state index contributed by atoms with van der Waals surface area (Å²) < 4.78 is 6.90. The van der Waals surface area contributed by atoms with Crippen molar-refractivity contribution in [2.75, 3.05) is 0 Å². The number of fused-ring (bicyclic) bond motifs is 9. The molecule has 0 atom stereocenters. The molecule has 0 fully saturated rings. The number of rotatable bonds is 6. The Bertz CT molecular complexity index is 4090. The van der Waals surface area contributed by atoms with E-state index in [4.69, 9.17) is 0 Å². The largest absolute Gasteiger partial charge is 0.488 e. The molecule has 10 aromatic carbocycles. The number of hydrogen-bond donors (Lipinski definition) is 2. The van der Waals surface area contributed by atoms with Crippen molar-refractivity contribution in [2.24, 2.45) is 0 Å². The Kier molecular flexibility index (Phi) is 11.9. The van der Waals surface area contributed by atoms with Crippen LogP contribution in [0.3, 0.4) is 0 Å². The van der Waals surface area contributed by atoms with Gasteiger partial charge in [-0.05, 0) is 131 Å². The third-order valence-corrected chi connectivity index (χ3v) is 13.2. The maximum Gasteiger partial charge on any atom is 0.488 e. The van der Waals surface area contributed by atoms with Gasteiger partial charge in [0, 0.05) is 60.8 Å². The fourth-order valence-corrected chi connectivity index (χ4v) is 9.99. The predicted octanol–water partition coefficient (Wildman–Crippen LogP) is 16.8. The molecule has 0 aliphatic heterocycles. The van der Waals surface area contributed by atoms with Crippen LogP contribution >= 0.6 is 0 Å². The highest BCUT2D eigenvalue weighted by molar-refractivity contribution is 6.59. The van der Waals surface area contributed by atoms with Gasteiger partial charge in [0.2, 0.25) is 0 Å². The van der Waals surface area contributed by atoms with Gasteiger partial charge in [-0.25, -0.2) is 0 Å². The van der Waals surface area contributed by atoms with Gasteiger partial charge in [-0.15, -0.1) is 0 Å². The lowest BCUT2D eigenvalue weighted by molar-refractivity contribution is 0.426. The quantitative estimate of drug-likeness (QED) is 0.163. The first-order valence-corrected chi connectivity index (χ1v) is 22.7. The first-order valence-electron chi connectivity index (χ1n) is 22.7. The van der Waals surface area contributed by atoms with Gasteiger partial charge in [0.05, 0.1) is 44.7 Å². The highest BCUT2D eigenvalue weighted by atomic mass is 16.4. The molecule has 0 spiro atoms. The molecule has 0 aliphatic carbocycles. The second-order valence-corrected chi connectivity index (χ2v) is 17.1. The number of hydrogen-bond acceptors (Lipinski definition) is 3. The maximum atomic E-state index is 9.43. The molecule has 0 aliphatic rings. The molecule has 13 aromatic rings. The molecule has 3 aromatic heterocycles. The summed E-state index contributed by atoms with van der Waals surface area (Å²) in [7, 11) is -1.46. The highest BCUT2D eigenvalue weighted by Crippen LogP contribution is 2.40. The number of para-hydroxylation sites is 5. The van der Waals surface area contributed by atoms with Crippen molar-refractivity contribution in [1.29, 1.82) is 5.26 Å². The maximum absolute atomic E-state index is 9.43. The molecule has 0 bridgehead atoms. The Morgan fingerprint density at radius 1 is 0.329 bits per heavy atom. The topological polar surface area (TPSA) is 79.0 Å². The van der Waals surface area contributed by atoms with Crippen LogP contribution in [0.15, 0.2) is 237 Å². The van der Waals surface area contributed by atoms with Crippen molar-refractivity contribution >= 4 is 78.0 Å². The second-order valence-electron chi connectivity index (χ2n) is 17.1. The zero-order chi connectivity index (χ0) is 45.7. The van der Waals surface area contributed by atoms with E-state index in [1.165, 1.54) is 49.2 Å². The van der Waals surface area contributed by atoms with Gasteiger partial charge in [0.25, 0.3) is 0 Å². The van der Waals surface area contributed by atoms with E-state index in [-0.39, 0.29) is 26.3 Å². The van der Waals surface area contributed by atoms with Crippen LogP contribution in [0, 0.1) is 11.3 Å². The number of nitriles is 1. The van der Waals surface area contributed by atoms with Crippen LogP contribution < -0.4 is 5.46 Å². The van der Waals surface area contributed by atoms with Crippen molar-refractivity contribution in [1.82, 2.24) is 13.7 Å². The third-order valence-electron chi connectivity index (χ3n) is 13.2. The molecule has 0 saturated heterocycles. The minimum Gasteiger partial charge on any atom is -0.423 e. The van der Waals surface area contributed by atoms with Gasteiger partial charge < -0.3 is 23.7 Å². The Morgan fingerprint density at radius 2 is 0.643 bits per heavy atom. The van der Waals surface area contributed by atoms with Gasteiger partial charge >= 0.3 is 7.12 Å². The number of nitrogens with zero attached hydrogens (tertiary/aromatic N) is 4. The van der Waals surface area contributed by atoms with E-state index in [0.717, 1.165) is 55.5 Å². The van der Waals surface area contributed by atoms with E-state index in [0.29, 0.717) is 11.0 Å². The first-order chi connectivity index (χ1) is 33.5. The van der Waals surface area contributed by atoms with Gasteiger partial charge in [0.1, 0.15) is 0 Å². The van der Waals surface area contributed by atoms with Crippen molar-refractivity contribution < 1.29 is 21.5 Å². The minimum atomic E-state index is -1.46. The normalized spacial score (nSPS) is 11.0. The predicted molar refractivity (Wildman–Crippen MR) is 312 cm³/mol. The summed E-state index contributed by atoms with van der Waals surface area (Å²) in [5, 5.41) is 35.2. The van der Waals surface area contributed by atoms with Gasteiger partial charge in [-0.2, -0.15) is 5.26 Å². The molecule has 3 heterocycles. The Hall–Kier alpha value is -8.93. The zero-order valence-corrected chi connectivity index (χ0v) is 36.8.